The van der Waals surface area contributed by atoms with E-state index >= 15 is 0 Å². The molecular weight excluding hydrogens is 466 g/mol. The number of benzene rings is 2. The summed E-state index contributed by atoms with van der Waals surface area (Å²) in [4.78, 5) is 44.9. The molecule has 1 amide bonds. The minimum atomic E-state index is -0.781. The SMILES string of the molecule is CCOC(=O)C1=C(C)N=c2s/c(=C3\C(=O)Nc4ccc(C)cc43)c(=O)n2[C@@H]1c1cccc(OC)c1. The molecule has 0 fully saturated rings. The Labute approximate surface area is 204 Å². The number of nitrogens with zero attached hydrogens (tertiary/aromatic N) is 2. The number of esters is 1. The monoisotopic (exact) mass is 489 g/mol. The van der Waals surface area contributed by atoms with Gasteiger partial charge in [0.1, 0.15) is 10.3 Å². The molecule has 9 heteroatoms. The van der Waals surface area contributed by atoms with Crippen LogP contribution in [0.1, 0.15) is 36.6 Å². The van der Waals surface area contributed by atoms with Gasteiger partial charge in [-0.2, -0.15) is 0 Å². The number of aryl methyl sites for hydroxylation is 1. The molecule has 178 valence electrons. The second-order valence-electron chi connectivity index (χ2n) is 8.28. The van der Waals surface area contributed by atoms with Crippen LogP contribution >= 0.6 is 11.3 Å². The van der Waals surface area contributed by atoms with Gasteiger partial charge in [-0.1, -0.05) is 35.1 Å². The number of rotatable bonds is 4. The molecule has 5 rings (SSSR count). The number of hydrogen-bond donors (Lipinski definition) is 1. The molecule has 2 aliphatic rings. The molecule has 2 aromatic carbocycles. The smallest absolute Gasteiger partial charge is 0.338 e. The topological polar surface area (TPSA) is 99.0 Å². The van der Waals surface area contributed by atoms with Crippen LogP contribution in [0.4, 0.5) is 5.69 Å². The molecule has 1 N–H and O–H groups in total. The highest BCUT2D eigenvalue weighted by atomic mass is 32.1. The Bertz CT molecular complexity index is 1610. The first-order chi connectivity index (χ1) is 16.8. The molecule has 3 heterocycles. The minimum absolute atomic E-state index is 0.186. The van der Waals surface area contributed by atoms with Gasteiger partial charge in [0, 0.05) is 11.3 Å². The molecule has 1 aromatic heterocycles. The lowest BCUT2D eigenvalue weighted by atomic mass is 9.95. The van der Waals surface area contributed by atoms with E-state index in [-0.39, 0.29) is 22.6 Å². The maximum absolute atomic E-state index is 13.9. The standard InChI is InChI=1S/C26H23N3O5S/c1-5-34-25(32)19-14(3)27-26-29(21(19)15-7-6-8-16(12-15)33-4)24(31)22(35-26)20-17-11-13(2)9-10-18(17)28-23(20)30/h6-12,21H,5H2,1-4H3,(H,28,30)/b22-20-/t21-/m1/s1. The van der Waals surface area contributed by atoms with Gasteiger partial charge in [0.2, 0.25) is 0 Å². The third kappa shape index (κ3) is 3.68. The Morgan fingerprint density at radius 2 is 1.97 bits per heavy atom. The number of hydrogen-bond acceptors (Lipinski definition) is 7. The Hall–Kier alpha value is -3.98. The zero-order valence-electron chi connectivity index (χ0n) is 19.7. The number of allylic oxidation sites excluding steroid dienone is 1. The van der Waals surface area contributed by atoms with Crippen LogP contribution in [0, 0.1) is 6.92 Å². The van der Waals surface area contributed by atoms with Crippen molar-refractivity contribution < 1.29 is 19.1 Å². The molecule has 0 saturated carbocycles. The Kier molecular flexibility index (Phi) is 5.64. The van der Waals surface area contributed by atoms with Crippen molar-refractivity contribution in [3.63, 3.8) is 0 Å². The van der Waals surface area contributed by atoms with Crippen LogP contribution in [0.3, 0.4) is 0 Å². The fourth-order valence-electron chi connectivity index (χ4n) is 4.48. The number of thiazole rings is 1. The van der Waals surface area contributed by atoms with E-state index in [1.807, 2.05) is 31.2 Å². The normalized spacial score (nSPS) is 17.9. The van der Waals surface area contributed by atoms with Gasteiger partial charge in [-0.15, -0.1) is 0 Å². The molecule has 0 spiro atoms. The Morgan fingerprint density at radius 3 is 2.71 bits per heavy atom. The van der Waals surface area contributed by atoms with E-state index in [0.29, 0.717) is 38.6 Å². The molecule has 0 saturated heterocycles. The molecule has 0 bridgehead atoms. The number of carbonyl (C=O) groups excluding carboxylic acids is 2. The predicted molar refractivity (Wildman–Crippen MR) is 132 cm³/mol. The zero-order chi connectivity index (χ0) is 24.9. The number of fused-ring (bicyclic) bond motifs is 2. The maximum atomic E-state index is 13.9. The van der Waals surface area contributed by atoms with Gasteiger partial charge in [-0.25, -0.2) is 9.79 Å². The molecule has 0 radical (unpaired) electrons. The van der Waals surface area contributed by atoms with Crippen molar-refractivity contribution in [2.45, 2.75) is 26.8 Å². The van der Waals surface area contributed by atoms with E-state index in [0.717, 1.165) is 16.9 Å². The third-order valence-electron chi connectivity index (χ3n) is 6.05. The maximum Gasteiger partial charge on any atom is 0.338 e. The van der Waals surface area contributed by atoms with Crippen LogP contribution in [0.15, 0.2) is 63.5 Å². The fraction of sp³-hybridized carbons (Fsp3) is 0.231. The number of nitrogens with one attached hydrogen (secondary N) is 1. The summed E-state index contributed by atoms with van der Waals surface area (Å²) in [6.45, 7) is 5.57. The summed E-state index contributed by atoms with van der Waals surface area (Å²) in [5.41, 5.74) is 3.64. The lowest BCUT2D eigenvalue weighted by Crippen LogP contribution is -2.40. The van der Waals surface area contributed by atoms with Crippen molar-refractivity contribution in [3.05, 3.63) is 90.1 Å². The van der Waals surface area contributed by atoms with E-state index in [4.69, 9.17) is 9.47 Å². The largest absolute Gasteiger partial charge is 0.497 e. The van der Waals surface area contributed by atoms with Gasteiger partial charge >= 0.3 is 5.97 Å². The summed E-state index contributed by atoms with van der Waals surface area (Å²) < 4.78 is 12.5. The Balaban J connectivity index is 1.83. The van der Waals surface area contributed by atoms with Crippen molar-refractivity contribution >= 4 is 34.5 Å². The average molecular weight is 490 g/mol. The van der Waals surface area contributed by atoms with Gasteiger partial charge in [0.25, 0.3) is 11.5 Å². The molecule has 2 aliphatic heterocycles. The molecule has 1 atom stereocenters. The van der Waals surface area contributed by atoms with Crippen molar-refractivity contribution in [3.8, 4) is 5.75 Å². The first-order valence-corrected chi connectivity index (χ1v) is 11.9. The zero-order valence-corrected chi connectivity index (χ0v) is 20.5. The molecule has 3 aromatic rings. The van der Waals surface area contributed by atoms with Gasteiger partial charge < -0.3 is 14.8 Å². The van der Waals surface area contributed by atoms with Crippen LogP contribution in [-0.4, -0.2) is 30.2 Å². The summed E-state index contributed by atoms with van der Waals surface area (Å²) in [5, 5.41) is 2.84. The first kappa shape index (κ1) is 22.8. The van der Waals surface area contributed by atoms with Crippen LogP contribution in [0.2, 0.25) is 0 Å². The highest BCUT2D eigenvalue weighted by Gasteiger charge is 2.35. The third-order valence-corrected chi connectivity index (χ3v) is 7.10. The van der Waals surface area contributed by atoms with Crippen LogP contribution < -0.4 is 24.9 Å². The number of aromatic nitrogens is 1. The van der Waals surface area contributed by atoms with Crippen molar-refractivity contribution in [2.24, 2.45) is 4.99 Å². The predicted octanol–water partition coefficient (Wildman–Crippen LogP) is 2.44. The summed E-state index contributed by atoms with van der Waals surface area (Å²) >= 11 is 1.14. The van der Waals surface area contributed by atoms with Gasteiger partial charge in [-0.3, -0.25) is 14.2 Å². The lowest BCUT2D eigenvalue weighted by Gasteiger charge is -2.25. The van der Waals surface area contributed by atoms with Crippen molar-refractivity contribution in [2.75, 3.05) is 19.0 Å². The van der Waals surface area contributed by atoms with Crippen LogP contribution in [0.25, 0.3) is 5.57 Å². The van der Waals surface area contributed by atoms with Crippen molar-refractivity contribution in [1.82, 2.24) is 4.57 Å². The quantitative estimate of drug-likeness (QED) is 0.568. The number of amides is 1. The summed E-state index contributed by atoms with van der Waals surface area (Å²) in [5.74, 6) is -0.292. The number of carbonyl (C=O) groups is 2. The minimum Gasteiger partial charge on any atom is -0.497 e. The van der Waals surface area contributed by atoms with Crippen LogP contribution in [-0.2, 0) is 14.3 Å². The molecule has 35 heavy (non-hydrogen) atoms. The number of anilines is 1. The van der Waals surface area contributed by atoms with E-state index in [1.54, 1.807) is 39.2 Å². The highest BCUT2D eigenvalue weighted by molar-refractivity contribution is 7.07. The second kappa shape index (κ2) is 8.66. The molecule has 8 nitrogen and oxygen atoms in total. The van der Waals surface area contributed by atoms with Gasteiger partial charge in [0.15, 0.2) is 4.80 Å². The molecular formula is C26H23N3O5S. The number of methoxy groups -OCH3 is 1. The Morgan fingerprint density at radius 1 is 1.17 bits per heavy atom. The van der Waals surface area contributed by atoms with E-state index in [2.05, 4.69) is 10.3 Å². The van der Waals surface area contributed by atoms with Gasteiger partial charge in [-0.05, 0) is 50.6 Å². The number of ether oxygens (including phenoxy) is 2. The summed E-state index contributed by atoms with van der Waals surface area (Å²) in [7, 11) is 1.55. The van der Waals surface area contributed by atoms with Crippen molar-refractivity contribution in [1.29, 1.82) is 0 Å². The summed E-state index contributed by atoms with van der Waals surface area (Å²) in [6, 6.07) is 12.0. The lowest BCUT2D eigenvalue weighted by molar-refractivity contribution is -0.139. The van der Waals surface area contributed by atoms with E-state index in [1.165, 1.54) is 4.57 Å². The molecule has 0 aliphatic carbocycles. The highest BCUT2D eigenvalue weighted by Crippen LogP contribution is 2.33. The van der Waals surface area contributed by atoms with E-state index < -0.39 is 17.6 Å². The van der Waals surface area contributed by atoms with Gasteiger partial charge in [0.05, 0.1) is 36.6 Å². The molecule has 0 unspecified atom stereocenters. The average Bonchev–Trinajstić information content (AvgIpc) is 3.32. The second-order valence-corrected chi connectivity index (χ2v) is 9.26. The summed E-state index contributed by atoms with van der Waals surface area (Å²) in [6.07, 6.45) is 0. The first-order valence-electron chi connectivity index (χ1n) is 11.1. The van der Waals surface area contributed by atoms with Crippen LogP contribution in [0.5, 0.6) is 5.75 Å². The van der Waals surface area contributed by atoms with E-state index in [9.17, 15) is 14.4 Å². The fourth-order valence-corrected chi connectivity index (χ4v) is 5.62.